The fraction of sp³-hybridized carbons (Fsp3) is 0.667. The number of nitrogens with one attached hydrogen (secondary N) is 1. The van der Waals surface area contributed by atoms with E-state index in [1.165, 1.54) is 11.8 Å². The summed E-state index contributed by atoms with van der Waals surface area (Å²) in [5, 5.41) is 11.0. The van der Waals surface area contributed by atoms with E-state index in [1.54, 1.807) is 6.92 Å². The summed E-state index contributed by atoms with van der Waals surface area (Å²) in [6, 6.07) is 0. The molecule has 0 aromatic rings. The molecule has 0 aliphatic carbocycles. The van der Waals surface area contributed by atoms with Crippen LogP contribution in [0.15, 0.2) is 0 Å². The molecule has 6 heteroatoms. The first-order valence-corrected chi connectivity index (χ1v) is 5.84. The molecule has 0 spiro atoms. The van der Waals surface area contributed by atoms with Crippen molar-refractivity contribution in [3.63, 3.8) is 0 Å². The second-order valence-electron chi connectivity index (χ2n) is 2.79. The van der Waals surface area contributed by atoms with Gasteiger partial charge in [0.1, 0.15) is 0 Å². The zero-order chi connectivity index (χ0) is 11.7. The number of carbonyl (C=O) groups is 3. The molecular formula is C9H15NO4S. The number of hydrogen-bond acceptors (Lipinski definition) is 4. The predicted molar refractivity (Wildman–Crippen MR) is 57.9 cm³/mol. The Kier molecular flexibility index (Phi) is 7.71. The molecule has 0 aliphatic rings. The molecule has 0 bridgehead atoms. The van der Waals surface area contributed by atoms with Gasteiger partial charge in [-0.1, -0.05) is 6.92 Å². The summed E-state index contributed by atoms with van der Waals surface area (Å²) in [5.74, 6) is -0.974. The summed E-state index contributed by atoms with van der Waals surface area (Å²) < 4.78 is 0. The standard InChI is InChI=1S/C9H15NO4S/c1-2-8(12)10-4-6-15-5-3-7(11)9(13)14/h2-6H2,1H3,(H,10,12)(H,13,14). The maximum atomic E-state index is 10.8. The Morgan fingerprint density at radius 3 is 2.47 bits per heavy atom. The van der Waals surface area contributed by atoms with Crippen LogP contribution in [0.5, 0.6) is 0 Å². The van der Waals surface area contributed by atoms with Crippen molar-refractivity contribution in [1.82, 2.24) is 5.32 Å². The first-order chi connectivity index (χ1) is 7.07. The molecule has 2 N–H and O–H groups in total. The van der Waals surface area contributed by atoms with Crippen molar-refractivity contribution in [1.29, 1.82) is 0 Å². The van der Waals surface area contributed by atoms with Crippen molar-refractivity contribution in [2.24, 2.45) is 0 Å². The number of rotatable bonds is 8. The van der Waals surface area contributed by atoms with Crippen LogP contribution < -0.4 is 5.32 Å². The predicted octanol–water partition coefficient (Wildman–Crippen LogP) is 0.290. The van der Waals surface area contributed by atoms with Crippen LogP contribution in [-0.2, 0) is 14.4 Å². The van der Waals surface area contributed by atoms with Gasteiger partial charge in [-0.15, -0.1) is 0 Å². The van der Waals surface area contributed by atoms with Gasteiger partial charge in [-0.2, -0.15) is 11.8 Å². The Labute approximate surface area is 92.6 Å². The highest BCUT2D eigenvalue weighted by molar-refractivity contribution is 7.99. The molecule has 86 valence electrons. The highest BCUT2D eigenvalue weighted by Crippen LogP contribution is 2.01. The molecule has 0 atom stereocenters. The maximum Gasteiger partial charge on any atom is 0.372 e. The summed E-state index contributed by atoms with van der Waals surface area (Å²) >= 11 is 1.45. The Balaban J connectivity index is 3.29. The minimum absolute atomic E-state index is 0.00258. The van der Waals surface area contributed by atoms with Crippen molar-refractivity contribution in [3.05, 3.63) is 0 Å². The average Bonchev–Trinajstić information content (AvgIpc) is 2.22. The highest BCUT2D eigenvalue weighted by Gasteiger charge is 2.09. The zero-order valence-corrected chi connectivity index (χ0v) is 9.43. The molecule has 0 fully saturated rings. The number of Topliss-reactive ketones (excluding diaryl/α,β-unsaturated/α-hetero) is 1. The minimum Gasteiger partial charge on any atom is -0.476 e. The maximum absolute atomic E-state index is 10.8. The third-order valence-electron chi connectivity index (χ3n) is 1.60. The van der Waals surface area contributed by atoms with Crippen molar-refractivity contribution < 1.29 is 19.5 Å². The van der Waals surface area contributed by atoms with E-state index in [9.17, 15) is 14.4 Å². The number of ketones is 1. The molecule has 0 saturated heterocycles. The van der Waals surface area contributed by atoms with E-state index in [1.807, 2.05) is 0 Å². The second-order valence-corrected chi connectivity index (χ2v) is 4.02. The van der Waals surface area contributed by atoms with Gasteiger partial charge in [0.25, 0.3) is 0 Å². The van der Waals surface area contributed by atoms with Crippen LogP contribution in [0, 0.1) is 0 Å². The molecule has 0 radical (unpaired) electrons. The third-order valence-corrected chi connectivity index (χ3v) is 2.59. The van der Waals surface area contributed by atoms with Gasteiger partial charge in [-0.3, -0.25) is 9.59 Å². The number of thioether (sulfide) groups is 1. The van der Waals surface area contributed by atoms with Gasteiger partial charge < -0.3 is 10.4 Å². The average molecular weight is 233 g/mol. The zero-order valence-electron chi connectivity index (χ0n) is 8.62. The lowest BCUT2D eigenvalue weighted by Crippen LogP contribution is -2.24. The fourth-order valence-electron chi connectivity index (χ4n) is 0.761. The molecule has 0 rings (SSSR count). The number of carboxylic acids is 1. The molecule has 0 aromatic carbocycles. The Morgan fingerprint density at radius 1 is 1.27 bits per heavy atom. The van der Waals surface area contributed by atoms with Crippen molar-refractivity contribution in [2.45, 2.75) is 19.8 Å². The SMILES string of the molecule is CCC(=O)NCCSCCC(=O)C(=O)O. The van der Waals surface area contributed by atoms with Crippen LogP contribution in [0.2, 0.25) is 0 Å². The van der Waals surface area contributed by atoms with E-state index in [4.69, 9.17) is 5.11 Å². The van der Waals surface area contributed by atoms with Crippen LogP contribution in [0.3, 0.4) is 0 Å². The van der Waals surface area contributed by atoms with Gasteiger partial charge in [0.05, 0.1) is 0 Å². The van der Waals surface area contributed by atoms with Crippen LogP contribution in [0.25, 0.3) is 0 Å². The van der Waals surface area contributed by atoms with Gasteiger partial charge in [0.2, 0.25) is 11.7 Å². The third kappa shape index (κ3) is 7.99. The molecule has 0 aliphatic heterocycles. The fourth-order valence-corrected chi connectivity index (χ4v) is 1.54. The summed E-state index contributed by atoms with van der Waals surface area (Å²) in [4.78, 5) is 31.6. The van der Waals surface area contributed by atoms with E-state index in [2.05, 4.69) is 5.32 Å². The lowest BCUT2D eigenvalue weighted by molar-refractivity contribution is -0.148. The first-order valence-electron chi connectivity index (χ1n) is 4.68. The molecule has 5 nitrogen and oxygen atoms in total. The minimum atomic E-state index is -1.38. The number of amides is 1. The largest absolute Gasteiger partial charge is 0.476 e. The van der Waals surface area contributed by atoms with Crippen molar-refractivity contribution in [3.8, 4) is 0 Å². The number of hydrogen-bond donors (Lipinski definition) is 2. The van der Waals surface area contributed by atoms with Crippen LogP contribution in [0.1, 0.15) is 19.8 Å². The highest BCUT2D eigenvalue weighted by atomic mass is 32.2. The second kappa shape index (κ2) is 8.28. The summed E-state index contributed by atoms with van der Waals surface area (Å²) in [5.41, 5.74) is 0. The van der Waals surface area contributed by atoms with E-state index >= 15 is 0 Å². The van der Waals surface area contributed by atoms with E-state index in [0.29, 0.717) is 24.5 Å². The first kappa shape index (κ1) is 14.0. The van der Waals surface area contributed by atoms with Crippen LogP contribution in [-0.4, -0.2) is 40.8 Å². The lowest BCUT2D eigenvalue weighted by Gasteiger charge is -2.02. The molecule has 0 heterocycles. The number of aliphatic carboxylic acids is 1. The Hall–Kier alpha value is -1.04. The lowest BCUT2D eigenvalue weighted by atomic mass is 10.3. The smallest absolute Gasteiger partial charge is 0.372 e. The van der Waals surface area contributed by atoms with Crippen LogP contribution >= 0.6 is 11.8 Å². The van der Waals surface area contributed by atoms with Gasteiger partial charge in [-0.25, -0.2) is 4.79 Å². The molecule has 1 amide bonds. The van der Waals surface area contributed by atoms with Gasteiger partial charge in [0.15, 0.2) is 0 Å². The number of carbonyl (C=O) groups excluding carboxylic acids is 2. The van der Waals surface area contributed by atoms with E-state index in [-0.39, 0.29) is 12.3 Å². The van der Waals surface area contributed by atoms with Crippen molar-refractivity contribution in [2.75, 3.05) is 18.1 Å². The molecule has 0 aromatic heterocycles. The number of carboxylic acid groups (broad SMARTS) is 1. The van der Waals surface area contributed by atoms with Crippen LogP contribution in [0.4, 0.5) is 0 Å². The molecule has 15 heavy (non-hydrogen) atoms. The van der Waals surface area contributed by atoms with Gasteiger partial charge in [0, 0.05) is 30.9 Å². The quantitative estimate of drug-likeness (QED) is 0.465. The monoisotopic (exact) mass is 233 g/mol. The topological polar surface area (TPSA) is 83.5 Å². The summed E-state index contributed by atoms with van der Waals surface area (Å²) in [6.45, 7) is 2.33. The normalized spacial score (nSPS) is 9.67. The van der Waals surface area contributed by atoms with Gasteiger partial charge >= 0.3 is 5.97 Å². The summed E-state index contributed by atoms with van der Waals surface area (Å²) in [6.07, 6.45) is 0.504. The van der Waals surface area contributed by atoms with Gasteiger partial charge in [-0.05, 0) is 0 Å². The van der Waals surface area contributed by atoms with Crippen molar-refractivity contribution >= 4 is 29.4 Å². The Bertz CT molecular complexity index is 242. The van der Waals surface area contributed by atoms with E-state index in [0.717, 1.165) is 0 Å². The molecule has 0 unspecified atom stereocenters. The Morgan fingerprint density at radius 2 is 1.93 bits per heavy atom. The molecular weight excluding hydrogens is 218 g/mol. The van der Waals surface area contributed by atoms with E-state index < -0.39 is 11.8 Å². The molecule has 0 saturated carbocycles. The summed E-state index contributed by atoms with van der Waals surface area (Å²) in [7, 11) is 0.